The summed E-state index contributed by atoms with van der Waals surface area (Å²) in [5.41, 5.74) is 2.88. The minimum atomic E-state index is -0.164. The van der Waals surface area contributed by atoms with Crippen molar-refractivity contribution in [2.45, 2.75) is 13.8 Å². The Bertz CT molecular complexity index is 933. The van der Waals surface area contributed by atoms with E-state index < -0.39 is 0 Å². The van der Waals surface area contributed by atoms with E-state index in [1.807, 2.05) is 36.4 Å². The first kappa shape index (κ1) is 17.9. The Morgan fingerprint density at radius 1 is 1.23 bits per heavy atom. The number of nitrogens with one attached hydrogen (secondary N) is 2. The smallest absolute Gasteiger partial charge is 0.228 e. The maximum Gasteiger partial charge on any atom is 0.228 e. The highest BCUT2D eigenvalue weighted by atomic mass is 32.1. The van der Waals surface area contributed by atoms with Crippen LogP contribution in [0.2, 0.25) is 0 Å². The third-order valence-electron chi connectivity index (χ3n) is 3.75. The molecule has 1 aromatic heterocycles. The molecule has 2 aromatic carbocycles. The second-order valence-corrected chi connectivity index (χ2v) is 6.41. The fraction of sp³-hybridized carbons (Fsp3) is 0.211. The van der Waals surface area contributed by atoms with E-state index in [2.05, 4.69) is 15.6 Å². The first-order chi connectivity index (χ1) is 12.5. The number of carbonyl (C=O) groups excluding carboxylic acids is 1. The highest BCUT2D eigenvalue weighted by Gasteiger charge is 2.14. The highest BCUT2D eigenvalue weighted by Crippen LogP contribution is 2.31. The van der Waals surface area contributed by atoms with E-state index in [1.54, 1.807) is 27.0 Å². The lowest BCUT2D eigenvalue weighted by Gasteiger charge is -2.14. The lowest BCUT2D eigenvalue weighted by molar-refractivity contribution is -0.122. The SMILES string of the molecule is COc1ccc(-c2nc3ccccc3o2)cc1NC(=S)NC(=O)C(C)C. The summed E-state index contributed by atoms with van der Waals surface area (Å²) >= 11 is 5.21. The zero-order chi connectivity index (χ0) is 18.7. The number of fused-ring (bicyclic) bond motifs is 1. The summed E-state index contributed by atoms with van der Waals surface area (Å²) in [5.74, 6) is 0.763. The molecule has 3 aromatic rings. The third-order valence-corrected chi connectivity index (χ3v) is 3.95. The molecule has 0 saturated heterocycles. The molecule has 0 aliphatic rings. The molecule has 134 valence electrons. The maximum atomic E-state index is 11.8. The van der Waals surface area contributed by atoms with Gasteiger partial charge < -0.3 is 19.8 Å². The highest BCUT2D eigenvalue weighted by molar-refractivity contribution is 7.80. The van der Waals surface area contributed by atoms with Crippen molar-refractivity contribution in [3.8, 4) is 17.2 Å². The minimum Gasteiger partial charge on any atom is -0.495 e. The molecule has 0 atom stereocenters. The summed E-state index contributed by atoms with van der Waals surface area (Å²) < 4.78 is 11.2. The standard InChI is InChI=1S/C19H19N3O3S/c1-11(2)17(23)22-19(26)21-14-10-12(8-9-15(14)24-3)18-20-13-6-4-5-7-16(13)25-18/h4-11H,1-3H3,(H2,21,22,23,26). The lowest BCUT2D eigenvalue weighted by Crippen LogP contribution is -2.36. The van der Waals surface area contributed by atoms with E-state index in [4.69, 9.17) is 21.4 Å². The van der Waals surface area contributed by atoms with Gasteiger partial charge in [-0.25, -0.2) is 4.98 Å². The number of aromatic nitrogens is 1. The second kappa shape index (κ2) is 7.53. The van der Waals surface area contributed by atoms with Crippen molar-refractivity contribution in [1.29, 1.82) is 0 Å². The Morgan fingerprint density at radius 2 is 2.00 bits per heavy atom. The zero-order valence-corrected chi connectivity index (χ0v) is 15.5. The second-order valence-electron chi connectivity index (χ2n) is 6.00. The summed E-state index contributed by atoms with van der Waals surface area (Å²) in [6, 6.07) is 13.0. The summed E-state index contributed by atoms with van der Waals surface area (Å²) in [5, 5.41) is 5.85. The number of para-hydroxylation sites is 2. The average molecular weight is 369 g/mol. The molecule has 0 aliphatic carbocycles. The van der Waals surface area contributed by atoms with Crippen LogP contribution in [0.1, 0.15) is 13.8 Å². The fourth-order valence-corrected chi connectivity index (χ4v) is 2.55. The number of oxazole rings is 1. The molecule has 0 fully saturated rings. The van der Waals surface area contributed by atoms with E-state index in [-0.39, 0.29) is 16.9 Å². The number of carbonyl (C=O) groups is 1. The van der Waals surface area contributed by atoms with E-state index in [0.717, 1.165) is 11.1 Å². The Kier molecular flexibility index (Phi) is 5.18. The van der Waals surface area contributed by atoms with Crippen LogP contribution in [0.15, 0.2) is 46.9 Å². The molecule has 2 N–H and O–H groups in total. The Morgan fingerprint density at radius 3 is 2.69 bits per heavy atom. The monoisotopic (exact) mass is 369 g/mol. The number of amides is 1. The Balaban J connectivity index is 1.88. The van der Waals surface area contributed by atoms with E-state index in [9.17, 15) is 4.79 Å². The first-order valence-corrected chi connectivity index (χ1v) is 8.54. The Labute approximate surface area is 156 Å². The van der Waals surface area contributed by atoms with Crippen LogP contribution < -0.4 is 15.4 Å². The maximum absolute atomic E-state index is 11.8. The van der Waals surface area contributed by atoms with Crippen LogP contribution in [0, 0.1) is 5.92 Å². The zero-order valence-electron chi connectivity index (χ0n) is 14.7. The number of thiocarbonyl (C=S) groups is 1. The van der Waals surface area contributed by atoms with Crippen LogP contribution in [0.4, 0.5) is 5.69 Å². The van der Waals surface area contributed by atoms with E-state index in [1.165, 1.54) is 0 Å². The predicted octanol–water partition coefficient (Wildman–Crippen LogP) is 3.97. The molecule has 0 spiro atoms. The number of hydrogen-bond donors (Lipinski definition) is 2. The van der Waals surface area contributed by atoms with Crippen LogP contribution in [0.25, 0.3) is 22.6 Å². The van der Waals surface area contributed by atoms with Crippen LogP contribution in [0.5, 0.6) is 5.75 Å². The number of ether oxygens (including phenoxy) is 1. The molecule has 0 radical (unpaired) electrons. The van der Waals surface area contributed by atoms with Gasteiger partial charge in [-0.15, -0.1) is 0 Å². The van der Waals surface area contributed by atoms with E-state index in [0.29, 0.717) is 22.9 Å². The van der Waals surface area contributed by atoms with Crippen molar-refractivity contribution in [3.63, 3.8) is 0 Å². The van der Waals surface area contributed by atoms with Crippen LogP contribution in [-0.2, 0) is 4.79 Å². The molecule has 7 heteroatoms. The summed E-state index contributed by atoms with van der Waals surface area (Å²) in [4.78, 5) is 16.3. The average Bonchev–Trinajstić information content (AvgIpc) is 3.05. The van der Waals surface area contributed by atoms with Crippen molar-refractivity contribution in [2.75, 3.05) is 12.4 Å². The van der Waals surface area contributed by atoms with Gasteiger partial charge in [0.1, 0.15) is 11.3 Å². The summed E-state index contributed by atoms with van der Waals surface area (Å²) in [6.07, 6.45) is 0. The largest absolute Gasteiger partial charge is 0.495 e. The number of anilines is 1. The normalized spacial score (nSPS) is 10.8. The van der Waals surface area contributed by atoms with Gasteiger partial charge >= 0.3 is 0 Å². The molecule has 0 saturated carbocycles. The molecule has 26 heavy (non-hydrogen) atoms. The number of hydrogen-bond acceptors (Lipinski definition) is 5. The van der Waals surface area contributed by atoms with Gasteiger partial charge in [-0.3, -0.25) is 4.79 Å². The van der Waals surface area contributed by atoms with Gasteiger partial charge in [0.15, 0.2) is 10.7 Å². The van der Waals surface area contributed by atoms with Gasteiger partial charge in [0.25, 0.3) is 0 Å². The first-order valence-electron chi connectivity index (χ1n) is 8.13. The molecular formula is C19H19N3O3S. The molecule has 0 aliphatic heterocycles. The molecule has 3 rings (SSSR count). The number of nitrogens with zero attached hydrogens (tertiary/aromatic N) is 1. The molecule has 1 amide bonds. The topological polar surface area (TPSA) is 76.4 Å². The van der Waals surface area contributed by atoms with Gasteiger partial charge in [0.2, 0.25) is 11.8 Å². The van der Waals surface area contributed by atoms with Crippen molar-refractivity contribution in [3.05, 3.63) is 42.5 Å². The third kappa shape index (κ3) is 3.83. The number of benzene rings is 2. The molecular weight excluding hydrogens is 350 g/mol. The molecule has 1 heterocycles. The van der Waals surface area contributed by atoms with Crippen LogP contribution >= 0.6 is 12.2 Å². The summed E-state index contributed by atoms with van der Waals surface area (Å²) in [6.45, 7) is 3.60. The summed E-state index contributed by atoms with van der Waals surface area (Å²) in [7, 11) is 1.56. The van der Waals surface area contributed by atoms with E-state index >= 15 is 0 Å². The molecule has 6 nitrogen and oxygen atoms in total. The van der Waals surface area contributed by atoms with Crippen LogP contribution in [-0.4, -0.2) is 23.1 Å². The predicted molar refractivity (Wildman–Crippen MR) is 105 cm³/mol. The van der Waals surface area contributed by atoms with Crippen molar-refractivity contribution in [2.24, 2.45) is 5.92 Å². The molecule has 0 unspecified atom stereocenters. The minimum absolute atomic E-state index is 0.156. The van der Waals surface area contributed by atoms with Crippen molar-refractivity contribution >= 4 is 40.0 Å². The van der Waals surface area contributed by atoms with Gasteiger partial charge in [-0.05, 0) is 42.5 Å². The Hall–Kier alpha value is -2.93. The van der Waals surface area contributed by atoms with Crippen molar-refractivity contribution in [1.82, 2.24) is 10.3 Å². The fourth-order valence-electron chi connectivity index (χ4n) is 2.34. The number of methoxy groups -OCH3 is 1. The van der Waals surface area contributed by atoms with Gasteiger partial charge in [0.05, 0.1) is 12.8 Å². The number of rotatable bonds is 4. The molecule has 0 bridgehead atoms. The van der Waals surface area contributed by atoms with Gasteiger partial charge in [-0.1, -0.05) is 26.0 Å². The van der Waals surface area contributed by atoms with Crippen LogP contribution in [0.3, 0.4) is 0 Å². The van der Waals surface area contributed by atoms with Crippen molar-refractivity contribution < 1.29 is 13.9 Å². The quantitative estimate of drug-likeness (QED) is 0.678. The van der Waals surface area contributed by atoms with Gasteiger partial charge in [-0.2, -0.15) is 0 Å². The van der Waals surface area contributed by atoms with Gasteiger partial charge in [0, 0.05) is 11.5 Å². The lowest BCUT2D eigenvalue weighted by atomic mass is 10.2.